The van der Waals surface area contributed by atoms with E-state index >= 15 is 0 Å². The number of aromatic nitrogens is 2. The van der Waals surface area contributed by atoms with Crippen molar-refractivity contribution in [2.75, 3.05) is 13.6 Å². The van der Waals surface area contributed by atoms with Crippen molar-refractivity contribution >= 4 is 29.2 Å². The highest BCUT2D eigenvalue weighted by atomic mass is 35.5. The molecule has 0 saturated heterocycles. The average Bonchev–Trinajstić information content (AvgIpc) is 2.78. The van der Waals surface area contributed by atoms with Crippen LogP contribution in [-0.4, -0.2) is 29.3 Å². The summed E-state index contributed by atoms with van der Waals surface area (Å²) in [6.07, 6.45) is 0.726. The molecule has 2 N–H and O–H groups in total. The number of rotatable bonds is 5. The van der Waals surface area contributed by atoms with Gasteiger partial charge in [0.15, 0.2) is 5.96 Å². The van der Waals surface area contributed by atoms with Crippen molar-refractivity contribution in [2.24, 2.45) is 12.0 Å². The number of nitrogens with zero attached hydrogens (tertiary/aromatic N) is 3. The van der Waals surface area contributed by atoms with E-state index in [9.17, 15) is 0 Å². The van der Waals surface area contributed by atoms with Crippen molar-refractivity contribution in [3.8, 4) is 0 Å². The Labute approximate surface area is 153 Å². The molecule has 0 fully saturated rings. The number of hydrogen-bond donors (Lipinski definition) is 2. The van der Waals surface area contributed by atoms with Crippen LogP contribution in [0, 0.1) is 13.8 Å². The Bertz CT molecular complexity index is 717. The van der Waals surface area contributed by atoms with Crippen molar-refractivity contribution < 1.29 is 0 Å². The van der Waals surface area contributed by atoms with Gasteiger partial charge in [-0.25, -0.2) is 0 Å². The summed E-state index contributed by atoms with van der Waals surface area (Å²) in [7, 11) is 3.70. The van der Waals surface area contributed by atoms with Crippen LogP contribution in [0.1, 0.15) is 22.5 Å². The van der Waals surface area contributed by atoms with E-state index in [4.69, 9.17) is 23.2 Å². The maximum Gasteiger partial charge on any atom is 0.191 e. The molecule has 0 aliphatic heterocycles. The van der Waals surface area contributed by atoms with E-state index in [-0.39, 0.29) is 0 Å². The molecule has 5 nitrogen and oxygen atoms in total. The van der Waals surface area contributed by atoms with Gasteiger partial charge in [-0.3, -0.25) is 9.67 Å². The van der Waals surface area contributed by atoms with Crippen LogP contribution in [0.15, 0.2) is 23.2 Å². The smallest absolute Gasteiger partial charge is 0.191 e. The van der Waals surface area contributed by atoms with Gasteiger partial charge in [-0.05, 0) is 38.0 Å². The zero-order chi connectivity index (χ0) is 17.7. The minimum absolute atomic E-state index is 0.679. The first-order chi connectivity index (χ1) is 11.4. The second kappa shape index (κ2) is 8.40. The Hall–Kier alpha value is -1.72. The molecule has 1 aromatic carbocycles. The largest absolute Gasteiger partial charge is 0.356 e. The quantitative estimate of drug-likeness (QED) is 0.629. The van der Waals surface area contributed by atoms with E-state index in [1.54, 1.807) is 7.05 Å². The summed E-state index contributed by atoms with van der Waals surface area (Å²) >= 11 is 12.4. The Morgan fingerprint density at radius 3 is 2.38 bits per heavy atom. The first-order valence-corrected chi connectivity index (χ1v) is 8.56. The molecule has 0 atom stereocenters. The molecule has 0 unspecified atom stereocenters. The Kier molecular flexibility index (Phi) is 6.52. The van der Waals surface area contributed by atoms with Gasteiger partial charge in [0.1, 0.15) is 0 Å². The third-order valence-electron chi connectivity index (χ3n) is 4.04. The van der Waals surface area contributed by atoms with Gasteiger partial charge in [0.25, 0.3) is 0 Å². The van der Waals surface area contributed by atoms with Crippen LogP contribution in [0.2, 0.25) is 10.0 Å². The lowest BCUT2D eigenvalue weighted by Crippen LogP contribution is -2.38. The first-order valence-electron chi connectivity index (χ1n) is 7.80. The minimum atomic E-state index is 0.679. The average molecular weight is 368 g/mol. The van der Waals surface area contributed by atoms with Crippen molar-refractivity contribution in [1.82, 2.24) is 20.4 Å². The Morgan fingerprint density at radius 2 is 1.83 bits per heavy atom. The van der Waals surface area contributed by atoms with Gasteiger partial charge >= 0.3 is 0 Å². The predicted octanol–water partition coefficient (Wildman–Crippen LogP) is 3.25. The van der Waals surface area contributed by atoms with Crippen molar-refractivity contribution in [1.29, 1.82) is 0 Å². The maximum absolute atomic E-state index is 6.19. The number of halogens is 2. The Balaban J connectivity index is 1.89. The lowest BCUT2D eigenvalue weighted by Gasteiger charge is -2.13. The number of hydrogen-bond acceptors (Lipinski definition) is 2. The highest BCUT2D eigenvalue weighted by molar-refractivity contribution is 6.35. The van der Waals surface area contributed by atoms with Gasteiger partial charge < -0.3 is 10.6 Å². The summed E-state index contributed by atoms with van der Waals surface area (Å²) in [6, 6.07) is 5.55. The number of benzene rings is 1. The number of aryl methyl sites for hydroxylation is 2. The van der Waals surface area contributed by atoms with Crippen molar-refractivity contribution in [3.63, 3.8) is 0 Å². The molecule has 2 aromatic rings. The molecular weight excluding hydrogens is 345 g/mol. The lowest BCUT2D eigenvalue weighted by molar-refractivity contribution is 0.728. The van der Waals surface area contributed by atoms with Gasteiger partial charge in [0.2, 0.25) is 0 Å². The summed E-state index contributed by atoms with van der Waals surface area (Å²) < 4.78 is 1.89. The standard InChI is InChI=1S/C17H23Cl2N5/c1-11-14(12(2)24(4)23-11)10-22-17(20-3)21-9-8-13-15(18)6-5-7-16(13)19/h5-7H,8-10H2,1-4H3,(H2,20,21,22). The van der Waals surface area contributed by atoms with Crippen LogP contribution in [0.4, 0.5) is 0 Å². The zero-order valence-corrected chi connectivity index (χ0v) is 16.0. The van der Waals surface area contributed by atoms with E-state index in [2.05, 4.69) is 27.6 Å². The summed E-state index contributed by atoms with van der Waals surface area (Å²) in [5, 5.41) is 12.4. The third kappa shape index (κ3) is 4.42. The summed E-state index contributed by atoms with van der Waals surface area (Å²) in [4.78, 5) is 4.25. The topological polar surface area (TPSA) is 54.2 Å². The van der Waals surface area contributed by atoms with E-state index in [1.165, 1.54) is 5.56 Å². The van der Waals surface area contributed by atoms with Crippen LogP contribution >= 0.6 is 23.2 Å². The fourth-order valence-electron chi connectivity index (χ4n) is 2.54. The van der Waals surface area contributed by atoms with Crippen LogP contribution in [0.5, 0.6) is 0 Å². The molecule has 0 aliphatic rings. The molecule has 1 aromatic heterocycles. The van der Waals surface area contributed by atoms with Crippen LogP contribution < -0.4 is 10.6 Å². The van der Waals surface area contributed by atoms with Crippen LogP contribution in [0.3, 0.4) is 0 Å². The molecule has 0 aliphatic carbocycles. The maximum atomic E-state index is 6.19. The molecule has 24 heavy (non-hydrogen) atoms. The molecular formula is C17H23Cl2N5. The fourth-order valence-corrected chi connectivity index (χ4v) is 3.13. The van der Waals surface area contributed by atoms with Crippen LogP contribution in [-0.2, 0) is 20.0 Å². The van der Waals surface area contributed by atoms with Gasteiger partial charge in [-0.2, -0.15) is 5.10 Å². The molecule has 0 spiro atoms. The number of aliphatic imine (C=N–C) groups is 1. The second-order valence-electron chi connectivity index (χ2n) is 5.58. The monoisotopic (exact) mass is 367 g/mol. The Morgan fingerprint density at radius 1 is 1.17 bits per heavy atom. The minimum Gasteiger partial charge on any atom is -0.356 e. The predicted molar refractivity (Wildman–Crippen MR) is 101 cm³/mol. The normalized spacial score (nSPS) is 11.7. The third-order valence-corrected chi connectivity index (χ3v) is 4.75. The van der Waals surface area contributed by atoms with Gasteiger partial charge in [-0.15, -0.1) is 0 Å². The number of nitrogens with one attached hydrogen (secondary N) is 2. The summed E-state index contributed by atoms with van der Waals surface area (Å²) in [5.41, 5.74) is 4.32. The summed E-state index contributed by atoms with van der Waals surface area (Å²) in [5.74, 6) is 0.737. The van der Waals surface area contributed by atoms with E-state index in [1.807, 2.05) is 36.9 Å². The fraction of sp³-hybridized carbons (Fsp3) is 0.412. The second-order valence-corrected chi connectivity index (χ2v) is 6.39. The molecule has 7 heteroatoms. The molecule has 130 valence electrons. The van der Waals surface area contributed by atoms with Gasteiger partial charge in [0, 0.05) is 48.5 Å². The van der Waals surface area contributed by atoms with Gasteiger partial charge in [0.05, 0.1) is 5.69 Å². The van der Waals surface area contributed by atoms with Gasteiger partial charge in [-0.1, -0.05) is 29.3 Å². The first kappa shape index (κ1) is 18.6. The van der Waals surface area contributed by atoms with Crippen LogP contribution in [0.25, 0.3) is 0 Å². The highest BCUT2D eigenvalue weighted by Gasteiger charge is 2.10. The van der Waals surface area contributed by atoms with E-state index in [0.717, 1.165) is 29.3 Å². The number of guanidine groups is 1. The van der Waals surface area contributed by atoms with Crippen molar-refractivity contribution in [3.05, 3.63) is 50.8 Å². The molecule has 2 rings (SSSR count). The molecule has 0 bridgehead atoms. The highest BCUT2D eigenvalue weighted by Crippen LogP contribution is 2.24. The van der Waals surface area contributed by atoms with E-state index in [0.29, 0.717) is 23.1 Å². The van der Waals surface area contributed by atoms with E-state index < -0.39 is 0 Å². The lowest BCUT2D eigenvalue weighted by atomic mass is 10.1. The SMILES string of the molecule is CN=C(NCCc1c(Cl)cccc1Cl)NCc1c(C)nn(C)c1C. The molecule has 0 radical (unpaired) electrons. The van der Waals surface area contributed by atoms with Crippen molar-refractivity contribution in [2.45, 2.75) is 26.8 Å². The molecule has 0 saturated carbocycles. The molecule has 0 amide bonds. The molecule has 1 heterocycles. The summed E-state index contributed by atoms with van der Waals surface area (Å²) in [6.45, 7) is 5.44. The zero-order valence-electron chi connectivity index (χ0n) is 14.5.